The van der Waals surface area contributed by atoms with Crippen molar-refractivity contribution in [2.24, 2.45) is 0 Å². The normalized spacial score (nSPS) is 24.5. The van der Waals surface area contributed by atoms with Gasteiger partial charge in [0.15, 0.2) is 0 Å². The lowest BCUT2D eigenvalue weighted by Crippen LogP contribution is -2.53. The molecule has 0 radical (unpaired) electrons. The fraction of sp³-hybridized carbons (Fsp3) is 0.667. The Kier molecular flexibility index (Phi) is 5.48. The molecule has 140 valence electrons. The van der Waals surface area contributed by atoms with E-state index in [4.69, 9.17) is 4.74 Å². The molecule has 1 atom stereocenters. The van der Waals surface area contributed by atoms with E-state index in [1.54, 1.807) is 6.07 Å². The highest BCUT2D eigenvalue weighted by atomic mass is 32.2. The molecule has 3 rings (SSSR count). The van der Waals surface area contributed by atoms with Gasteiger partial charge in [0.05, 0.1) is 11.9 Å². The maximum absolute atomic E-state index is 13.5. The van der Waals surface area contributed by atoms with Crippen molar-refractivity contribution in [3.63, 3.8) is 0 Å². The summed E-state index contributed by atoms with van der Waals surface area (Å²) in [5, 5.41) is 0. The van der Waals surface area contributed by atoms with Gasteiger partial charge in [0, 0.05) is 32.3 Å². The quantitative estimate of drug-likeness (QED) is 0.883. The Morgan fingerprint density at radius 2 is 2.08 bits per heavy atom. The van der Waals surface area contributed by atoms with Crippen LogP contribution in [-0.2, 0) is 21.3 Å². The van der Waals surface area contributed by atoms with Gasteiger partial charge in [-0.15, -0.1) is 0 Å². The largest absolute Gasteiger partial charge is 0.375 e. The van der Waals surface area contributed by atoms with Crippen molar-refractivity contribution in [3.8, 4) is 0 Å². The highest BCUT2D eigenvalue weighted by Crippen LogP contribution is 2.35. The summed E-state index contributed by atoms with van der Waals surface area (Å²) in [4.78, 5) is 2.32. The van der Waals surface area contributed by atoms with Crippen LogP contribution < -0.4 is 4.72 Å². The van der Waals surface area contributed by atoms with Gasteiger partial charge in [-0.3, -0.25) is 4.90 Å². The third-order valence-electron chi connectivity index (χ3n) is 5.35. The summed E-state index contributed by atoms with van der Waals surface area (Å²) in [7, 11) is -3.19. The van der Waals surface area contributed by atoms with Crippen molar-refractivity contribution in [2.75, 3.05) is 26.0 Å². The molecule has 0 amide bonds. The maximum atomic E-state index is 13.5. The predicted octanol–water partition coefficient (Wildman–Crippen LogP) is 2.20. The fourth-order valence-corrected chi connectivity index (χ4v) is 4.76. The van der Waals surface area contributed by atoms with Gasteiger partial charge in [0.25, 0.3) is 0 Å². The van der Waals surface area contributed by atoms with Crippen molar-refractivity contribution in [2.45, 2.75) is 50.8 Å². The van der Waals surface area contributed by atoms with Crippen LogP contribution in [0.5, 0.6) is 0 Å². The monoisotopic (exact) mass is 370 g/mol. The van der Waals surface area contributed by atoms with Crippen molar-refractivity contribution < 1.29 is 17.5 Å². The average molecular weight is 370 g/mol. The molecule has 2 aliphatic rings. The molecule has 2 saturated heterocycles. The first-order valence-electron chi connectivity index (χ1n) is 8.83. The minimum atomic E-state index is -3.19. The van der Waals surface area contributed by atoms with Crippen LogP contribution in [0.4, 0.5) is 4.39 Å². The van der Waals surface area contributed by atoms with Crippen molar-refractivity contribution >= 4 is 10.0 Å². The summed E-state index contributed by atoms with van der Waals surface area (Å²) >= 11 is 0. The number of benzene rings is 1. The van der Waals surface area contributed by atoms with Crippen molar-refractivity contribution in [1.82, 2.24) is 9.62 Å². The summed E-state index contributed by atoms with van der Waals surface area (Å²) in [5.74, 6) is -0.195. The van der Waals surface area contributed by atoms with Crippen LogP contribution in [-0.4, -0.2) is 50.9 Å². The number of ether oxygens (including phenoxy) is 1. The molecule has 0 aliphatic carbocycles. The van der Waals surface area contributed by atoms with Crippen LogP contribution in [0.25, 0.3) is 0 Å². The number of piperidine rings is 1. The molecule has 0 aromatic heterocycles. The molecule has 1 spiro atoms. The van der Waals surface area contributed by atoms with Gasteiger partial charge in [-0.05, 0) is 55.9 Å². The standard InChI is InChI=1S/C18H27FN2O3S/c1-14-3-4-16(19)11-15(14)13-21-8-6-18(7-9-21)12-17(5-10-24-18)20-25(2,22)23/h3-4,11,17,20H,5-10,12-13H2,1-2H3/t17-/m1/s1. The van der Waals surface area contributed by atoms with E-state index in [1.165, 1.54) is 12.3 Å². The van der Waals surface area contributed by atoms with E-state index in [-0.39, 0.29) is 17.5 Å². The Bertz CT molecular complexity index is 715. The summed E-state index contributed by atoms with van der Waals surface area (Å²) < 4.78 is 45.3. The average Bonchev–Trinajstić information content (AvgIpc) is 2.52. The number of rotatable bonds is 4. The van der Waals surface area contributed by atoms with Crippen LogP contribution in [0.2, 0.25) is 0 Å². The lowest BCUT2D eigenvalue weighted by molar-refractivity contribution is -0.118. The molecule has 1 N–H and O–H groups in total. The zero-order valence-electron chi connectivity index (χ0n) is 14.9. The number of aryl methyl sites for hydroxylation is 1. The van der Waals surface area contributed by atoms with E-state index >= 15 is 0 Å². The molecular formula is C18H27FN2O3S. The highest BCUT2D eigenvalue weighted by Gasteiger charge is 2.40. The first-order chi connectivity index (χ1) is 11.7. The highest BCUT2D eigenvalue weighted by molar-refractivity contribution is 7.88. The molecule has 2 aliphatic heterocycles. The van der Waals surface area contributed by atoms with Crippen LogP contribution >= 0.6 is 0 Å². The first-order valence-corrected chi connectivity index (χ1v) is 10.7. The van der Waals surface area contributed by atoms with Crippen molar-refractivity contribution in [1.29, 1.82) is 0 Å². The number of hydrogen-bond acceptors (Lipinski definition) is 4. The molecule has 0 bridgehead atoms. The number of halogens is 1. The van der Waals surface area contributed by atoms with Gasteiger partial charge in [-0.2, -0.15) is 0 Å². The second-order valence-corrected chi connectivity index (χ2v) is 9.24. The molecule has 25 heavy (non-hydrogen) atoms. The minimum absolute atomic E-state index is 0.0410. The molecule has 7 heteroatoms. The zero-order valence-corrected chi connectivity index (χ0v) is 15.7. The molecule has 0 saturated carbocycles. The molecule has 1 aromatic rings. The van der Waals surface area contributed by atoms with Crippen LogP contribution in [0.1, 0.15) is 36.8 Å². The second-order valence-electron chi connectivity index (χ2n) is 7.46. The Morgan fingerprint density at radius 1 is 1.36 bits per heavy atom. The SMILES string of the molecule is Cc1ccc(F)cc1CN1CCC2(CC1)C[C@H](NS(C)(=O)=O)CCO2. The summed E-state index contributed by atoms with van der Waals surface area (Å²) in [6.45, 7) is 5.09. The first kappa shape index (κ1) is 18.8. The van der Waals surface area contributed by atoms with E-state index in [2.05, 4.69) is 9.62 Å². The van der Waals surface area contributed by atoms with Gasteiger partial charge in [-0.25, -0.2) is 17.5 Å². The van der Waals surface area contributed by atoms with Gasteiger partial charge in [0.1, 0.15) is 5.82 Å². The van der Waals surface area contributed by atoms with Crippen LogP contribution in [0.15, 0.2) is 18.2 Å². The molecule has 0 unspecified atom stereocenters. The fourth-order valence-electron chi connectivity index (χ4n) is 3.95. The Balaban J connectivity index is 1.58. The maximum Gasteiger partial charge on any atom is 0.208 e. The molecule has 2 heterocycles. The van der Waals surface area contributed by atoms with Crippen LogP contribution in [0.3, 0.4) is 0 Å². The van der Waals surface area contributed by atoms with E-state index in [0.29, 0.717) is 6.61 Å². The smallest absolute Gasteiger partial charge is 0.208 e. The van der Waals surface area contributed by atoms with Gasteiger partial charge in [-0.1, -0.05) is 6.07 Å². The minimum Gasteiger partial charge on any atom is -0.375 e. The third kappa shape index (κ3) is 5.00. The Morgan fingerprint density at radius 3 is 2.76 bits per heavy atom. The number of hydrogen-bond donors (Lipinski definition) is 1. The molecule has 2 fully saturated rings. The number of sulfonamides is 1. The summed E-state index contributed by atoms with van der Waals surface area (Å²) in [6, 6.07) is 4.89. The van der Waals surface area contributed by atoms with Crippen molar-refractivity contribution in [3.05, 3.63) is 35.1 Å². The van der Waals surface area contributed by atoms with Gasteiger partial charge >= 0.3 is 0 Å². The number of nitrogens with one attached hydrogen (secondary N) is 1. The molecule has 5 nitrogen and oxygen atoms in total. The van der Waals surface area contributed by atoms with E-state index < -0.39 is 10.0 Å². The van der Waals surface area contributed by atoms with E-state index in [9.17, 15) is 12.8 Å². The van der Waals surface area contributed by atoms with Gasteiger partial charge in [0.2, 0.25) is 10.0 Å². The van der Waals surface area contributed by atoms with E-state index in [0.717, 1.165) is 56.4 Å². The second kappa shape index (κ2) is 7.31. The number of likely N-dealkylation sites (tertiary alicyclic amines) is 1. The lowest BCUT2D eigenvalue weighted by atomic mass is 9.82. The Hall–Kier alpha value is -1.02. The van der Waals surface area contributed by atoms with Crippen LogP contribution in [0, 0.1) is 12.7 Å². The predicted molar refractivity (Wildman–Crippen MR) is 95.3 cm³/mol. The molecule has 1 aromatic carbocycles. The zero-order chi connectivity index (χ0) is 18.1. The van der Waals surface area contributed by atoms with Gasteiger partial charge < -0.3 is 4.74 Å². The topological polar surface area (TPSA) is 58.6 Å². The summed E-state index contributed by atoms with van der Waals surface area (Å²) in [5.41, 5.74) is 1.90. The molecular weight excluding hydrogens is 343 g/mol. The third-order valence-corrected chi connectivity index (χ3v) is 6.11. The Labute approximate surface area is 149 Å². The number of nitrogens with zero attached hydrogens (tertiary/aromatic N) is 1. The van der Waals surface area contributed by atoms with E-state index in [1.807, 2.05) is 13.0 Å². The lowest BCUT2D eigenvalue weighted by Gasteiger charge is -2.46. The summed E-state index contributed by atoms with van der Waals surface area (Å²) in [6.07, 6.45) is 4.42.